The molecular formula is C36H42N8O8. The van der Waals surface area contributed by atoms with Gasteiger partial charge in [-0.15, -0.1) is 0 Å². The number of anilines is 6. The average Bonchev–Trinajstić information content (AvgIpc) is 3.13. The maximum Gasteiger partial charge on any atom is 0.294 e. The number of hydrogen-bond donors (Lipinski definition) is 6. The molecule has 0 unspecified atom stereocenters. The van der Waals surface area contributed by atoms with E-state index in [9.17, 15) is 40.0 Å². The largest absolute Gasteiger partial charge is 0.395 e. The van der Waals surface area contributed by atoms with Gasteiger partial charge in [0.05, 0.1) is 23.1 Å². The van der Waals surface area contributed by atoms with Crippen molar-refractivity contribution in [2.75, 3.05) is 73.7 Å². The molecule has 0 heterocycles. The quantitative estimate of drug-likeness (QED) is 0.0500. The topological polar surface area (TPSA) is 215 Å². The number of nitro groups is 2. The van der Waals surface area contributed by atoms with Crippen molar-refractivity contribution in [1.29, 1.82) is 0 Å². The van der Waals surface area contributed by atoms with Crippen LogP contribution in [0.15, 0.2) is 97.1 Å². The van der Waals surface area contributed by atoms with Crippen molar-refractivity contribution in [1.82, 2.24) is 9.80 Å². The monoisotopic (exact) mass is 714 g/mol. The summed E-state index contributed by atoms with van der Waals surface area (Å²) < 4.78 is 0. The van der Waals surface area contributed by atoms with Crippen LogP contribution in [0.25, 0.3) is 0 Å². The van der Waals surface area contributed by atoms with Gasteiger partial charge >= 0.3 is 0 Å². The molecule has 4 aromatic carbocycles. The molecule has 0 spiro atoms. The summed E-state index contributed by atoms with van der Waals surface area (Å²) >= 11 is 0. The van der Waals surface area contributed by atoms with Crippen LogP contribution < -0.4 is 21.3 Å². The molecule has 16 heteroatoms. The number of benzene rings is 4. The molecule has 4 aromatic rings. The van der Waals surface area contributed by atoms with Gasteiger partial charge in [0, 0.05) is 87.0 Å². The zero-order valence-electron chi connectivity index (χ0n) is 28.4. The molecule has 0 saturated carbocycles. The molecule has 4 rings (SSSR count). The van der Waals surface area contributed by atoms with Gasteiger partial charge in [0.2, 0.25) is 11.8 Å². The molecule has 6 N–H and O–H groups in total. The van der Waals surface area contributed by atoms with E-state index < -0.39 is 21.7 Å². The number of amides is 2. The first-order chi connectivity index (χ1) is 25.1. The first-order valence-electron chi connectivity index (χ1n) is 16.6. The van der Waals surface area contributed by atoms with Crippen molar-refractivity contribution < 1.29 is 29.6 Å². The second kappa shape index (κ2) is 20.0. The third kappa shape index (κ3) is 12.4. The minimum atomic E-state index is -0.535. The van der Waals surface area contributed by atoms with Crippen LogP contribution in [0.2, 0.25) is 0 Å². The molecule has 52 heavy (non-hydrogen) atoms. The lowest BCUT2D eigenvalue weighted by Gasteiger charge is -2.26. The summed E-state index contributed by atoms with van der Waals surface area (Å²) in [7, 11) is 0. The molecule has 0 fully saturated rings. The maximum absolute atomic E-state index is 13.0. The Morgan fingerprint density at radius 1 is 0.538 bits per heavy atom. The average molecular weight is 715 g/mol. The van der Waals surface area contributed by atoms with E-state index in [1.165, 1.54) is 24.3 Å². The number of carbonyl (C=O) groups is 2. The molecule has 0 aliphatic rings. The van der Waals surface area contributed by atoms with E-state index in [-0.39, 0.29) is 73.3 Å². The normalized spacial score (nSPS) is 10.9. The van der Waals surface area contributed by atoms with Gasteiger partial charge in [0.25, 0.3) is 11.4 Å². The van der Waals surface area contributed by atoms with Crippen LogP contribution in [0, 0.1) is 20.2 Å². The number of aliphatic hydroxyl groups is 2. The Bertz CT molecular complexity index is 1670. The fourth-order valence-electron chi connectivity index (χ4n) is 5.29. The smallest absolute Gasteiger partial charge is 0.294 e. The summed E-state index contributed by atoms with van der Waals surface area (Å²) in [5.41, 5.74) is 1.94. The number of rotatable bonds is 21. The number of aliphatic hydroxyl groups excluding tert-OH is 2. The minimum Gasteiger partial charge on any atom is -0.395 e. The highest BCUT2D eigenvalue weighted by molar-refractivity contribution is 5.93. The summed E-state index contributed by atoms with van der Waals surface area (Å²) in [6.07, 6.45) is 0.00299. The lowest BCUT2D eigenvalue weighted by atomic mass is 10.2. The maximum atomic E-state index is 13.0. The molecule has 0 bridgehead atoms. The number of para-hydroxylation sites is 2. The van der Waals surface area contributed by atoms with E-state index in [2.05, 4.69) is 21.3 Å². The summed E-state index contributed by atoms with van der Waals surface area (Å²) in [6, 6.07) is 26.7. The molecule has 0 aliphatic heterocycles. The first kappa shape index (κ1) is 38.9. The van der Waals surface area contributed by atoms with Gasteiger partial charge in [-0.25, -0.2) is 0 Å². The molecule has 2 amide bonds. The van der Waals surface area contributed by atoms with Crippen molar-refractivity contribution in [2.24, 2.45) is 0 Å². The second-order valence-corrected chi connectivity index (χ2v) is 11.7. The van der Waals surface area contributed by atoms with Crippen LogP contribution in [0.1, 0.15) is 12.8 Å². The van der Waals surface area contributed by atoms with Crippen LogP contribution in [-0.4, -0.2) is 94.2 Å². The van der Waals surface area contributed by atoms with Crippen molar-refractivity contribution in [3.05, 3.63) is 117 Å². The third-order valence-corrected chi connectivity index (χ3v) is 7.94. The van der Waals surface area contributed by atoms with Crippen molar-refractivity contribution in [2.45, 2.75) is 12.8 Å². The Hall–Kier alpha value is -5.94. The lowest BCUT2D eigenvalue weighted by molar-refractivity contribution is -0.384. The predicted molar refractivity (Wildman–Crippen MR) is 199 cm³/mol. The molecule has 0 aliphatic carbocycles. The highest BCUT2D eigenvalue weighted by Gasteiger charge is 2.19. The van der Waals surface area contributed by atoms with E-state index in [0.717, 1.165) is 0 Å². The SMILES string of the molecule is O=C(CCN(CCC(=O)Nc1ccc(Nc2ccccc2)c([N+](=O)[O-])c1)CCN(CCO)CCO)Nc1ccc(Nc2ccccc2)c([N+](=O)[O-])c1. The Balaban J connectivity index is 1.37. The number of carbonyl (C=O) groups excluding carboxylic acids is 2. The van der Waals surface area contributed by atoms with E-state index in [4.69, 9.17) is 0 Å². The van der Waals surface area contributed by atoms with Crippen LogP contribution >= 0.6 is 0 Å². The number of nitrogens with one attached hydrogen (secondary N) is 4. The fraction of sp³-hybridized carbons (Fsp3) is 0.278. The number of hydrogen-bond acceptors (Lipinski definition) is 12. The Kier molecular flexibility index (Phi) is 15.0. The molecule has 0 aromatic heterocycles. The van der Waals surface area contributed by atoms with Crippen LogP contribution in [-0.2, 0) is 9.59 Å². The second-order valence-electron chi connectivity index (χ2n) is 11.7. The molecule has 0 saturated heterocycles. The van der Waals surface area contributed by atoms with Gasteiger partial charge in [-0.1, -0.05) is 36.4 Å². The van der Waals surface area contributed by atoms with E-state index in [1.807, 2.05) is 21.9 Å². The first-order valence-corrected chi connectivity index (χ1v) is 16.6. The Morgan fingerprint density at radius 2 is 0.923 bits per heavy atom. The molecule has 0 atom stereocenters. The van der Waals surface area contributed by atoms with Crippen LogP contribution in [0.4, 0.5) is 45.5 Å². The summed E-state index contributed by atoms with van der Waals surface area (Å²) in [5, 5.41) is 53.9. The zero-order chi connectivity index (χ0) is 37.3. The van der Waals surface area contributed by atoms with E-state index in [0.29, 0.717) is 37.6 Å². The summed E-state index contributed by atoms with van der Waals surface area (Å²) in [6.45, 7) is 1.74. The van der Waals surface area contributed by atoms with Crippen molar-refractivity contribution in [3.8, 4) is 0 Å². The fourth-order valence-corrected chi connectivity index (χ4v) is 5.29. The molecule has 274 valence electrons. The van der Waals surface area contributed by atoms with Crippen LogP contribution in [0.5, 0.6) is 0 Å². The number of nitrogens with zero attached hydrogens (tertiary/aromatic N) is 4. The van der Waals surface area contributed by atoms with Crippen molar-refractivity contribution >= 4 is 57.3 Å². The summed E-state index contributed by atoms with van der Waals surface area (Å²) in [5.74, 6) is -0.793. The molecular weight excluding hydrogens is 672 g/mol. The van der Waals surface area contributed by atoms with E-state index >= 15 is 0 Å². The highest BCUT2D eigenvalue weighted by Crippen LogP contribution is 2.32. The molecule has 16 nitrogen and oxygen atoms in total. The lowest BCUT2D eigenvalue weighted by Crippen LogP contribution is -2.40. The van der Waals surface area contributed by atoms with Gasteiger partial charge in [-0.2, -0.15) is 0 Å². The molecule has 0 radical (unpaired) electrons. The van der Waals surface area contributed by atoms with Gasteiger partial charge in [0.15, 0.2) is 0 Å². The zero-order valence-corrected chi connectivity index (χ0v) is 28.4. The number of nitro benzene ring substituents is 2. The third-order valence-electron chi connectivity index (χ3n) is 7.94. The Labute approximate surface area is 300 Å². The van der Waals surface area contributed by atoms with Gasteiger partial charge in [-0.3, -0.25) is 34.7 Å². The van der Waals surface area contributed by atoms with Crippen molar-refractivity contribution in [3.63, 3.8) is 0 Å². The standard InChI is InChI=1S/C36H42N8O8/c45-23-21-42(22-24-46)20-19-41(17-15-35(47)39-29-11-13-31(33(25-29)43(49)50)37-27-7-3-1-4-8-27)18-16-36(48)40-30-12-14-32(34(26-30)44(51)52)38-28-9-5-2-6-10-28/h1-14,25-26,37-38,45-46H,15-24H2,(H,39,47)(H,40,48). The van der Waals surface area contributed by atoms with Gasteiger partial charge in [0.1, 0.15) is 11.4 Å². The Morgan fingerprint density at radius 3 is 1.29 bits per heavy atom. The predicted octanol–water partition coefficient (Wildman–Crippen LogP) is 4.94. The minimum absolute atomic E-state index is 0.00149. The van der Waals surface area contributed by atoms with Gasteiger partial charge in [-0.05, 0) is 48.5 Å². The highest BCUT2D eigenvalue weighted by atomic mass is 16.6. The van der Waals surface area contributed by atoms with E-state index in [1.54, 1.807) is 60.7 Å². The van der Waals surface area contributed by atoms with Gasteiger partial charge < -0.3 is 36.4 Å². The summed E-state index contributed by atoms with van der Waals surface area (Å²) in [4.78, 5) is 52.2. The van der Waals surface area contributed by atoms with Crippen LogP contribution in [0.3, 0.4) is 0 Å².